The molecule has 0 bridgehead atoms. The molecule has 2 unspecified atom stereocenters. The van der Waals surface area contributed by atoms with Gasteiger partial charge in [-0.15, -0.1) is 0 Å². The predicted molar refractivity (Wildman–Crippen MR) is 78.1 cm³/mol. The van der Waals surface area contributed by atoms with Crippen molar-refractivity contribution in [3.63, 3.8) is 0 Å². The summed E-state index contributed by atoms with van der Waals surface area (Å²) in [5.74, 6) is 0.752. The highest BCUT2D eigenvalue weighted by Crippen LogP contribution is 2.18. The van der Waals surface area contributed by atoms with Crippen molar-refractivity contribution in [2.45, 2.75) is 57.8 Å². The number of sulfonamides is 1. The number of nitrogens with one attached hydrogen (secondary N) is 1. The fraction of sp³-hybridized carbons (Fsp3) is 0.769. The van der Waals surface area contributed by atoms with E-state index in [0.717, 1.165) is 18.8 Å². The maximum absolute atomic E-state index is 12.7. The first-order valence-corrected chi connectivity index (χ1v) is 8.58. The van der Waals surface area contributed by atoms with Crippen molar-refractivity contribution in [2.24, 2.45) is 0 Å². The van der Waals surface area contributed by atoms with Gasteiger partial charge < -0.3 is 9.88 Å². The molecule has 1 aliphatic heterocycles. The molecule has 2 heterocycles. The third kappa shape index (κ3) is 3.05. The monoisotopic (exact) mass is 300 g/mol. The van der Waals surface area contributed by atoms with E-state index >= 15 is 0 Å². The summed E-state index contributed by atoms with van der Waals surface area (Å²) < 4.78 is 28.8. The lowest BCUT2D eigenvalue weighted by Crippen LogP contribution is -2.55. The maximum Gasteiger partial charge on any atom is 0.262 e. The smallest absolute Gasteiger partial charge is 0.262 e. The molecule has 0 spiro atoms. The molecule has 1 aromatic rings. The summed E-state index contributed by atoms with van der Waals surface area (Å²) in [5.41, 5.74) is 0. The molecule has 1 N–H and O–H groups in total. The standard InChI is InChI=1S/C13H24N4O2S/c1-5-6-16-9-13(15-12(16)4)20(18,19)17-7-10(2)14-11(3)8-17/h9-11,14H,5-8H2,1-4H3. The number of rotatable bonds is 4. The van der Waals surface area contributed by atoms with Crippen molar-refractivity contribution >= 4 is 10.0 Å². The summed E-state index contributed by atoms with van der Waals surface area (Å²) in [5, 5.41) is 3.51. The highest BCUT2D eigenvalue weighted by atomic mass is 32.2. The number of aromatic nitrogens is 2. The van der Waals surface area contributed by atoms with Gasteiger partial charge in [0, 0.05) is 37.9 Å². The van der Waals surface area contributed by atoms with E-state index in [-0.39, 0.29) is 17.1 Å². The summed E-state index contributed by atoms with van der Waals surface area (Å²) in [6.07, 6.45) is 2.62. The number of imidazole rings is 1. The normalized spacial score (nSPS) is 25.0. The van der Waals surface area contributed by atoms with Crippen LogP contribution in [0.15, 0.2) is 11.2 Å². The van der Waals surface area contributed by atoms with Gasteiger partial charge in [0.2, 0.25) is 0 Å². The minimum Gasteiger partial charge on any atom is -0.334 e. The average molecular weight is 300 g/mol. The van der Waals surface area contributed by atoms with Crippen LogP contribution in [0.1, 0.15) is 33.0 Å². The average Bonchev–Trinajstić information content (AvgIpc) is 2.71. The van der Waals surface area contributed by atoms with Crippen molar-refractivity contribution < 1.29 is 8.42 Å². The van der Waals surface area contributed by atoms with Gasteiger partial charge in [0.1, 0.15) is 5.82 Å². The molecule has 2 atom stereocenters. The molecule has 0 saturated carbocycles. The molecule has 2 rings (SSSR count). The minimum atomic E-state index is -3.49. The molecular formula is C13H24N4O2S. The van der Waals surface area contributed by atoms with E-state index in [2.05, 4.69) is 17.2 Å². The molecule has 20 heavy (non-hydrogen) atoms. The summed E-state index contributed by atoms with van der Waals surface area (Å²) in [4.78, 5) is 4.24. The van der Waals surface area contributed by atoms with Gasteiger partial charge in [-0.1, -0.05) is 6.92 Å². The fourth-order valence-electron chi connectivity index (χ4n) is 2.68. The second-order valence-electron chi connectivity index (χ2n) is 5.61. The largest absolute Gasteiger partial charge is 0.334 e. The van der Waals surface area contributed by atoms with E-state index in [9.17, 15) is 8.42 Å². The van der Waals surface area contributed by atoms with Crippen molar-refractivity contribution in [2.75, 3.05) is 13.1 Å². The van der Waals surface area contributed by atoms with E-state index in [4.69, 9.17) is 0 Å². The Hall–Kier alpha value is -0.920. The van der Waals surface area contributed by atoms with Crippen LogP contribution < -0.4 is 5.32 Å². The zero-order valence-electron chi connectivity index (χ0n) is 12.6. The quantitative estimate of drug-likeness (QED) is 0.900. The Morgan fingerprint density at radius 3 is 2.50 bits per heavy atom. The van der Waals surface area contributed by atoms with Crippen LogP contribution in [-0.4, -0.2) is 47.4 Å². The molecule has 1 aliphatic rings. The molecule has 0 radical (unpaired) electrons. The minimum absolute atomic E-state index is 0.160. The number of hydrogen-bond donors (Lipinski definition) is 1. The van der Waals surface area contributed by atoms with E-state index in [0.29, 0.717) is 13.1 Å². The Kier molecular flexibility index (Phi) is 4.51. The summed E-state index contributed by atoms with van der Waals surface area (Å²) in [7, 11) is -3.49. The Labute approximate surface area is 121 Å². The highest BCUT2D eigenvalue weighted by Gasteiger charge is 2.33. The fourth-order valence-corrected chi connectivity index (χ4v) is 4.29. The van der Waals surface area contributed by atoms with Crippen molar-refractivity contribution in [3.05, 3.63) is 12.0 Å². The summed E-state index contributed by atoms with van der Waals surface area (Å²) >= 11 is 0. The summed E-state index contributed by atoms with van der Waals surface area (Å²) in [6, 6.07) is 0.319. The van der Waals surface area contributed by atoms with Gasteiger partial charge in [0.15, 0.2) is 5.03 Å². The molecule has 1 fully saturated rings. The molecular weight excluding hydrogens is 276 g/mol. The van der Waals surface area contributed by atoms with Crippen LogP contribution in [-0.2, 0) is 16.6 Å². The highest BCUT2D eigenvalue weighted by molar-refractivity contribution is 7.89. The van der Waals surface area contributed by atoms with Crippen LogP contribution in [0.4, 0.5) is 0 Å². The van der Waals surface area contributed by atoms with Crippen LogP contribution in [0.3, 0.4) is 0 Å². The second-order valence-corrected chi connectivity index (χ2v) is 7.50. The maximum atomic E-state index is 12.7. The Bertz CT molecular complexity index is 557. The van der Waals surface area contributed by atoms with Gasteiger partial charge >= 0.3 is 0 Å². The van der Waals surface area contributed by atoms with Crippen LogP contribution in [0.2, 0.25) is 0 Å². The molecule has 114 valence electrons. The first-order valence-electron chi connectivity index (χ1n) is 7.14. The first kappa shape index (κ1) is 15.5. The van der Waals surface area contributed by atoms with Gasteiger partial charge in [-0.25, -0.2) is 13.4 Å². The number of hydrogen-bond acceptors (Lipinski definition) is 4. The van der Waals surface area contributed by atoms with Crippen LogP contribution in [0, 0.1) is 6.92 Å². The Morgan fingerprint density at radius 1 is 1.35 bits per heavy atom. The van der Waals surface area contributed by atoms with Gasteiger partial charge in [-0.3, -0.25) is 0 Å². The number of piperazine rings is 1. The van der Waals surface area contributed by atoms with Crippen LogP contribution in [0.5, 0.6) is 0 Å². The molecule has 6 nitrogen and oxygen atoms in total. The van der Waals surface area contributed by atoms with Gasteiger partial charge in [0.25, 0.3) is 10.0 Å². The van der Waals surface area contributed by atoms with Crippen molar-refractivity contribution in [1.29, 1.82) is 0 Å². The van der Waals surface area contributed by atoms with Gasteiger partial charge in [0.05, 0.1) is 0 Å². The van der Waals surface area contributed by atoms with E-state index in [1.54, 1.807) is 6.20 Å². The lowest BCUT2D eigenvalue weighted by Gasteiger charge is -2.34. The molecule has 0 aromatic carbocycles. The third-order valence-corrected chi connectivity index (χ3v) is 5.25. The molecule has 7 heteroatoms. The van der Waals surface area contributed by atoms with Crippen molar-refractivity contribution in [1.82, 2.24) is 19.2 Å². The van der Waals surface area contributed by atoms with E-state index in [1.807, 2.05) is 25.3 Å². The molecule has 0 aliphatic carbocycles. The lowest BCUT2D eigenvalue weighted by atomic mass is 10.2. The lowest BCUT2D eigenvalue weighted by molar-refractivity contribution is 0.262. The predicted octanol–water partition coefficient (Wildman–Crippen LogP) is 0.972. The van der Waals surface area contributed by atoms with Crippen LogP contribution in [0.25, 0.3) is 0 Å². The van der Waals surface area contributed by atoms with Gasteiger partial charge in [-0.2, -0.15) is 4.31 Å². The van der Waals surface area contributed by atoms with E-state index in [1.165, 1.54) is 4.31 Å². The Morgan fingerprint density at radius 2 is 1.95 bits per heavy atom. The summed E-state index contributed by atoms with van der Waals surface area (Å²) in [6.45, 7) is 9.69. The topological polar surface area (TPSA) is 67.2 Å². The molecule has 1 aromatic heterocycles. The second kappa shape index (κ2) is 5.83. The van der Waals surface area contributed by atoms with E-state index < -0.39 is 10.0 Å². The van der Waals surface area contributed by atoms with Gasteiger partial charge in [-0.05, 0) is 27.2 Å². The zero-order chi connectivity index (χ0) is 14.9. The zero-order valence-corrected chi connectivity index (χ0v) is 13.4. The first-order chi connectivity index (χ1) is 9.34. The Balaban J connectivity index is 2.27. The SMILES string of the molecule is CCCn1cc(S(=O)(=O)N2CC(C)NC(C)C2)nc1C. The van der Waals surface area contributed by atoms with Crippen molar-refractivity contribution in [3.8, 4) is 0 Å². The molecule has 0 amide bonds. The third-order valence-electron chi connectivity index (χ3n) is 3.55. The van der Waals surface area contributed by atoms with Crippen LogP contribution >= 0.6 is 0 Å². The molecule has 1 saturated heterocycles. The number of nitrogens with zero attached hydrogens (tertiary/aromatic N) is 3. The number of aryl methyl sites for hydroxylation is 2.